The molecule has 10 heteroatoms. The van der Waals surface area contributed by atoms with Crippen LogP contribution in [-0.4, -0.2) is 43.0 Å². The standard InChI is InChI=1S/C26H28BF2N3O3S/c1-13-9-15(3)31-23(13)19(24-14(2)10-16(4)32(24)27(31,28)29)8-7-18-11-21(33)30-20(26(34)35)12-36-25(30)22(18)17-5-6-17/h9-11,17,20H,5-8,12H2,1-4H3,(H,34,35). The summed E-state index contributed by atoms with van der Waals surface area (Å²) in [6.45, 7) is 3.20. The molecule has 0 saturated heterocycles. The number of aryl methyl sites for hydroxylation is 3. The molecule has 4 aliphatic rings. The Morgan fingerprint density at radius 3 is 2.58 bits per heavy atom. The number of pyridine rings is 1. The van der Waals surface area contributed by atoms with Gasteiger partial charge in [-0.1, -0.05) is 0 Å². The third-order valence-corrected chi connectivity index (χ3v) is 9.14. The van der Waals surface area contributed by atoms with Crippen molar-refractivity contribution in [2.45, 2.75) is 70.4 Å². The van der Waals surface area contributed by atoms with E-state index in [1.54, 1.807) is 19.9 Å². The Hall–Kier alpha value is -2.88. The molecule has 1 atom stereocenters. The van der Waals surface area contributed by atoms with Crippen molar-refractivity contribution in [3.63, 3.8) is 0 Å². The maximum absolute atomic E-state index is 15.8. The lowest BCUT2D eigenvalue weighted by Gasteiger charge is -2.34. The van der Waals surface area contributed by atoms with E-state index in [2.05, 4.69) is 0 Å². The van der Waals surface area contributed by atoms with Gasteiger partial charge >= 0.3 is 12.9 Å². The Labute approximate surface area is 212 Å². The van der Waals surface area contributed by atoms with Gasteiger partial charge in [-0.2, -0.15) is 0 Å². The summed E-state index contributed by atoms with van der Waals surface area (Å²) in [5, 5.41) is 10.4. The number of hydrogen-bond donors (Lipinski definition) is 1. The van der Waals surface area contributed by atoms with Crippen LogP contribution < -0.4 is 5.56 Å². The summed E-state index contributed by atoms with van der Waals surface area (Å²) >= 11 is 1.45. The van der Waals surface area contributed by atoms with E-state index in [1.165, 1.54) is 25.3 Å². The average molecular weight is 511 g/mol. The summed E-state index contributed by atoms with van der Waals surface area (Å²) in [5.41, 5.74) is 6.46. The van der Waals surface area contributed by atoms with Gasteiger partial charge in [0, 0.05) is 41.7 Å². The Morgan fingerprint density at radius 2 is 1.92 bits per heavy atom. The van der Waals surface area contributed by atoms with Crippen LogP contribution in [-0.2, 0) is 11.2 Å². The van der Waals surface area contributed by atoms with E-state index in [0.29, 0.717) is 47.3 Å². The quantitative estimate of drug-likeness (QED) is 0.581. The zero-order valence-electron chi connectivity index (χ0n) is 20.8. The van der Waals surface area contributed by atoms with Crippen LogP contribution in [0.4, 0.5) is 8.63 Å². The lowest BCUT2D eigenvalue weighted by atomic mass is 9.84. The fourth-order valence-corrected chi connectivity index (χ4v) is 7.88. The predicted octanol–water partition coefficient (Wildman–Crippen LogP) is 4.89. The third-order valence-electron chi connectivity index (χ3n) is 7.97. The van der Waals surface area contributed by atoms with Crippen molar-refractivity contribution in [1.82, 2.24) is 9.05 Å². The number of carboxylic acid groups (broad SMARTS) is 1. The van der Waals surface area contributed by atoms with Crippen molar-refractivity contribution in [2.24, 2.45) is 0 Å². The lowest BCUT2D eigenvalue weighted by molar-refractivity contribution is -0.363. The number of fused-ring (bicyclic) bond motifs is 3. The molecular formula is C26H28BF2N3O3S. The van der Waals surface area contributed by atoms with Gasteiger partial charge in [-0.25, -0.2) is 4.79 Å². The van der Waals surface area contributed by atoms with E-state index >= 15 is 8.63 Å². The van der Waals surface area contributed by atoms with Gasteiger partial charge in [-0.3, -0.25) is 9.36 Å². The van der Waals surface area contributed by atoms with Gasteiger partial charge in [-0.05, 0) is 80.8 Å². The number of hydrogen-bond acceptors (Lipinski definition) is 3. The summed E-state index contributed by atoms with van der Waals surface area (Å²) in [7, 11) is 0. The summed E-state index contributed by atoms with van der Waals surface area (Å²) in [4.78, 5) is 24.8. The fourth-order valence-electron chi connectivity index (χ4n) is 6.46. The second-order valence-corrected chi connectivity index (χ2v) is 11.5. The first kappa shape index (κ1) is 23.5. The van der Waals surface area contributed by atoms with Crippen LogP contribution >= 0.6 is 11.8 Å². The topological polar surface area (TPSA) is 67.2 Å². The van der Waals surface area contributed by atoms with Crippen LogP contribution in [0.3, 0.4) is 0 Å². The number of nitrogens with zero attached hydrogens (tertiary/aromatic N) is 3. The van der Waals surface area contributed by atoms with E-state index in [-0.39, 0.29) is 5.56 Å². The molecule has 2 aromatic rings. The van der Waals surface area contributed by atoms with Crippen molar-refractivity contribution in [3.8, 4) is 0 Å². The SMILES string of the molecule is CC1=CC(C)=[N+]2C1=C(CCc1cc(=O)n3c(c1C1CC1)SCC3C(=O)O)c1c(C)cc(C)n1[B-]2(F)F. The van der Waals surface area contributed by atoms with Crippen LogP contribution in [0.1, 0.15) is 73.1 Å². The van der Waals surface area contributed by atoms with Crippen LogP contribution in [0.5, 0.6) is 0 Å². The minimum atomic E-state index is -4.01. The molecule has 188 valence electrons. The number of aromatic nitrogens is 2. The predicted molar refractivity (Wildman–Crippen MR) is 137 cm³/mol. The highest BCUT2D eigenvalue weighted by molar-refractivity contribution is 7.99. The van der Waals surface area contributed by atoms with E-state index in [9.17, 15) is 14.7 Å². The van der Waals surface area contributed by atoms with Crippen LogP contribution in [0.15, 0.2) is 39.3 Å². The largest absolute Gasteiger partial charge is 0.737 e. The van der Waals surface area contributed by atoms with Crippen molar-refractivity contribution in [2.75, 3.05) is 5.75 Å². The second-order valence-electron chi connectivity index (χ2n) is 10.5. The monoisotopic (exact) mass is 511 g/mol. The highest BCUT2D eigenvalue weighted by atomic mass is 32.2. The van der Waals surface area contributed by atoms with Gasteiger partial charge < -0.3 is 22.7 Å². The van der Waals surface area contributed by atoms with Crippen molar-refractivity contribution < 1.29 is 23.0 Å². The molecule has 1 fully saturated rings. The van der Waals surface area contributed by atoms with Gasteiger partial charge in [0.25, 0.3) is 5.56 Å². The third kappa shape index (κ3) is 3.19. The van der Waals surface area contributed by atoms with Crippen LogP contribution in [0, 0.1) is 13.8 Å². The number of allylic oxidation sites excluding steroid dienone is 3. The number of thioether (sulfide) groups is 1. The van der Waals surface area contributed by atoms with Crippen molar-refractivity contribution in [1.29, 1.82) is 0 Å². The minimum absolute atomic E-state index is 0.295. The molecule has 0 spiro atoms. The first-order chi connectivity index (χ1) is 17.0. The zero-order valence-corrected chi connectivity index (χ0v) is 21.6. The van der Waals surface area contributed by atoms with Gasteiger partial charge in [0.2, 0.25) is 0 Å². The molecule has 0 aromatic carbocycles. The molecular weight excluding hydrogens is 483 g/mol. The number of carbonyl (C=O) groups is 1. The van der Waals surface area contributed by atoms with E-state index in [0.717, 1.165) is 45.7 Å². The second kappa shape index (κ2) is 7.81. The molecule has 2 aromatic heterocycles. The molecule has 1 unspecified atom stereocenters. The summed E-state index contributed by atoms with van der Waals surface area (Å²) in [6, 6.07) is 2.57. The van der Waals surface area contributed by atoms with Crippen LogP contribution in [0.25, 0.3) is 5.57 Å². The van der Waals surface area contributed by atoms with Crippen molar-refractivity contribution >= 4 is 36.0 Å². The minimum Gasteiger partial charge on any atom is -0.480 e. The Kier molecular flexibility index (Phi) is 5.10. The molecule has 0 bridgehead atoms. The summed E-state index contributed by atoms with van der Waals surface area (Å²) in [5.74, 6) is -0.316. The summed E-state index contributed by atoms with van der Waals surface area (Å²) in [6.07, 6.45) is 4.90. The fraction of sp³-hybridized carbons (Fsp3) is 0.423. The molecule has 5 heterocycles. The highest BCUT2D eigenvalue weighted by Crippen LogP contribution is 2.49. The van der Waals surface area contributed by atoms with Gasteiger partial charge in [0.15, 0.2) is 5.70 Å². The number of rotatable bonds is 5. The molecule has 36 heavy (non-hydrogen) atoms. The lowest BCUT2D eigenvalue weighted by Crippen LogP contribution is -2.51. The Balaban J connectivity index is 1.48. The molecule has 0 amide bonds. The van der Waals surface area contributed by atoms with Crippen molar-refractivity contribution in [3.05, 3.63) is 67.9 Å². The molecule has 6 nitrogen and oxygen atoms in total. The Bertz CT molecular complexity index is 1530. The molecule has 3 aliphatic heterocycles. The van der Waals surface area contributed by atoms with Crippen LogP contribution in [0.2, 0.25) is 0 Å². The smallest absolute Gasteiger partial charge is 0.480 e. The van der Waals surface area contributed by atoms with E-state index < -0.39 is 19.0 Å². The highest BCUT2D eigenvalue weighted by Gasteiger charge is 2.54. The van der Waals surface area contributed by atoms with E-state index in [1.807, 2.05) is 26.0 Å². The first-order valence-electron chi connectivity index (χ1n) is 12.4. The molecule has 1 saturated carbocycles. The molecule has 0 radical (unpaired) electrons. The molecule has 1 N–H and O–H groups in total. The molecule has 6 rings (SSSR count). The zero-order chi connectivity index (χ0) is 25.7. The Morgan fingerprint density at radius 1 is 1.19 bits per heavy atom. The summed E-state index contributed by atoms with van der Waals surface area (Å²) < 4.78 is 35.5. The average Bonchev–Trinajstić information content (AvgIpc) is 3.31. The number of halogens is 2. The maximum atomic E-state index is 15.8. The maximum Gasteiger partial charge on any atom is 0.737 e. The van der Waals surface area contributed by atoms with E-state index in [4.69, 9.17) is 0 Å². The van der Waals surface area contributed by atoms with Gasteiger partial charge in [0.05, 0.1) is 5.03 Å². The molecule has 1 aliphatic carbocycles. The number of carboxylic acids is 1. The van der Waals surface area contributed by atoms with Gasteiger partial charge in [-0.15, -0.1) is 11.8 Å². The van der Waals surface area contributed by atoms with Gasteiger partial charge in [0.1, 0.15) is 11.8 Å². The number of aliphatic carboxylic acids is 1. The first-order valence-corrected chi connectivity index (χ1v) is 13.4. The normalized spacial score (nSPS) is 22.1.